The molecule has 1 aliphatic rings. The number of nitrogens with two attached hydrogens (primary N) is 1. The second-order valence-electron chi connectivity index (χ2n) is 3.97. The summed E-state index contributed by atoms with van der Waals surface area (Å²) in [5, 5.41) is 5.24. The summed E-state index contributed by atoms with van der Waals surface area (Å²) in [5.74, 6) is -0.983. The van der Waals surface area contributed by atoms with E-state index in [4.69, 9.17) is 5.73 Å². The van der Waals surface area contributed by atoms with E-state index in [0.29, 0.717) is 18.7 Å². The minimum absolute atomic E-state index is 0.191. The van der Waals surface area contributed by atoms with Crippen LogP contribution < -0.4 is 10.7 Å². The summed E-state index contributed by atoms with van der Waals surface area (Å²) in [7, 11) is 0. The van der Waals surface area contributed by atoms with Crippen LogP contribution in [0, 0.1) is 11.7 Å². The number of hydrogen-bond acceptors (Lipinski definition) is 3. The van der Waals surface area contributed by atoms with E-state index in [1.54, 1.807) is 19.1 Å². The van der Waals surface area contributed by atoms with E-state index in [1.807, 2.05) is 0 Å². The first-order chi connectivity index (χ1) is 8.15. The quantitative estimate of drug-likeness (QED) is 0.863. The fraction of sp³-hybridized carbons (Fsp3) is 0.333. The molecule has 0 fully saturated rings. The molecule has 0 aromatic heterocycles. The maximum atomic E-state index is 13.6. The number of amides is 1. The molecular formula is C12H14FN3O. The summed E-state index contributed by atoms with van der Waals surface area (Å²) in [6.45, 7) is 2.17. The van der Waals surface area contributed by atoms with Gasteiger partial charge in [0.05, 0.1) is 5.92 Å². The summed E-state index contributed by atoms with van der Waals surface area (Å²) in [4.78, 5) is 12.0. The normalized spacial score (nSPS) is 19.7. The van der Waals surface area contributed by atoms with Crippen molar-refractivity contribution in [1.82, 2.24) is 0 Å². The maximum Gasteiger partial charge on any atom is 0.256 e. The Hall–Kier alpha value is -1.75. The highest BCUT2D eigenvalue weighted by atomic mass is 19.1. The van der Waals surface area contributed by atoms with Crippen LogP contribution >= 0.6 is 0 Å². The molecule has 0 spiro atoms. The predicted octanol–water partition coefficient (Wildman–Crippen LogP) is 1.51. The zero-order valence-electron chi connectivity index (χ0n) is 9.56. The molecule has 2 N–H and O–H groups in total. The summed E-state index contributed by atoms with van der Waals surface area (Å²) >= 11 is 0. The number of nitrogens with zero attached hydrogens (tertiary/aromatic N) is 2. The van der Waals surface area contributed by atoms with Crippen LogP contribution in [0.5, 0.6) is 0 Å². The number of carbonyl (C=O) groups excluding carboxylic acids is 1. The molecule has 1 atom stereocenters. The van der Waals surface area contributed by atoms with Crippen molar-refractivity contribution >= 4 is 17.3 Å². The lowest BCUT2D eigenvalue weighted by atomic mass is 10.0. The predicted molar refractivity (Wildman–Crippen MR) is 64.2 cm³/mol. The highest BCUT2D eigenvalue weighted by Gasteiger charge is 2.34. The first-order valence-corrected chi connectivity index (χ1v) is 5.49. The first-order valence-electron chi connectivity index (χ1n) is 5.49. The van der Waals surface area contributed by atoms with E-state index in [2.05, 4.69) is 5.10 Å². The van der Waals surface area contributed by atoms with Gasteiger partial charge in [-0.3, -0.25) is 4.79 Å². The molecule has 1 aliphatic heterocycles. The highest BCUT2D eigenvalue weighted by Crippen LogP contribution is 2.27. The van der Waals surface area contributed by atoms with Gasteiger partial charge in [0, 0.05) is 5.71 Å². The Labute approximate surface area is 98.9 Å². The van der Waals surface area contributed by atoms with Gasteiger partial charge in [0.2, 0.25) is 0 Å². The Morgan fingerprint density at radius 1 is 1.47 bits per heavy atom. The van der Waals surface area contributed by atoms with Crippen LogP contribution in [0.1, 0.15) is 13.3 Å². The van der Waals surface area contributed by atoms with Gasteiger partial charge in [-0.15, -0.1) is 0 Å². The molecule has 1 amide bonds. The SMILES string of the molecule is CC1=NN(c2ccccc2F)C(=O)C1CCN. The van der Waals surface area contributed by atoms with Crippen LogP contribution in [0.4, 0.5) is 10.1 Å². The van der Waals surface area contributed by atoms with E-state index in [0.717, 1.165) is 5.01 Å². The van der Waals surface area contributed by atoms with Crippen molar-refractivity contribution in [2.24, 2.45) is 16.8 Å². The molecule has 0 radical (unpaired) electrons. The van der Waals surface area contributed by atoms with Crippen LogP contribution in [-0.2, 0) is 4.79 Å². The lowest BCUT2D eigenvalue weighted by Gasteiger charge is -2.14. The zero-order valence-corrected chi connectivity index (χ0v) is 9.56. The summed E-state index contributed by atoms with van der Waals surface area (Å²) in [6.07, 6.45) is 0.541. The number of anilines is 1. The van der Waals surface area contributed by atoms with Crippen LogP contribution in [0.15, 0.2) is 29.4 Å². The third kappa shape index (κ3) is 2.06. The molecule has 17 heavy (non-hydrogen) atoms. The van der Waals surface area contributed by atoms with Crippen LogP contribution in [0.2, 0.25) is 0 Å². The maximum absolute atomic E-state index is 13.6. The molecule has 0 saturated carbocycles. The van der Waals surface area contributed by atoms with Crippen LogP contribution in [0.25, 0.3) is 0 Å². The number of rotatable bonds is 3. The number of para-hydroxylation sites is 1. The molecular weight excluding hydrogens is 221 g/mol. The lowest BCUT2D eigenvalue weighted by molar-refractivity contribution is -0.119. The Morgan fingerprint density at radius 3 is 2.82 bits per heavy atom. The molecule has 0 aliphatic carbocycles. The Kier molecular flexibility index (Phi) is 3.19. The van der Waals surface area contributed by atoms with Gasteiger partial charge in [0.1, 0.15) is 11.5 Å². The van der Waals surface area contributed by atoms with Crippen LogP contribution in [-0.4, -0.2) is 18.2 Å². The Bertz CT molecular complexity index is 473. The second kappa shape index (κ2) is 4.63. The first kappa shape index (κ1) is 11.7. The summed E-state index contributed by atoms with van der Waals surface area (Å²) < 4.78 is 13.6. The number of benzene rings is 1. The van der Waals surface area contributed by atoms with Gasteiger partial charge in [-0.2, -0.15) is 10.1 Å². The molecule has 1 heterocycles. The van der Waals surface area contributed by atoms with Crippen molar-refractivity contribution in [3.05, 3.63) is 30.1 Å². The van der Waals surface area contributed by atoms with Gasteiger partial charge in [0.15, 0.2) is 0 Å². The summed E-state index contributed by atoms with van der Waals surface area (Å²) in [5.41, 5.74) is 6.32. The minimum Gasteiger partial charge on any atom is -0.330 e. The van der Waals surface area contributed by atoms with Gasteiger partial charge in [-0.05, 0) is 32.0 Å². The van der Waals surface area contributed by atoms with Crippen molar-refractivity contribution < 1.29 is 9.18 Å². The average Bonchev–Trinajstić information content (AvgIpc) is 2.58. The zero-order chi connectivity index (χ0) is 12.4. The largest absolute Gasteiger partial charge is 0.330 e. The molecule has 0 saturated heterocycles. The molecule has 90 valence electrons. The fourth-order valence-corrected chi connectivity index (χ4v) is 1.90. The van der Waals surface area contributed by atoms with Crippen molar-refractivity contribution in [2.45, 2.75) is 13.3 Å². The molecule has 1 aromatic carbocycles. The molecule has 4 nitrogen and oxygen atoms in total. The van der Waals surface area contributed by atoms with Gasteiger partial charge >= 0.3 is 0 Å². The van der Waals surface area contributed by atoms with Crippen molar-refractivity contribution in [1.29, 1.82) is 0 Å². The number of hydrazone groups is 1. The van der Waals surface area contributed by atoms with Crippen molar-refractivity contribution in [2.75, 3.05) is 11.6 Å². The lowest BCUT2D eigenvalue weighted by Crippen LogP contribution is -2.29. The highest BCUT2D eigenvalue weighted by molar-refractivity contribution is 6.14. The monoisotopic (exact) mass is 235 g/mol. The molecule has 2 rings (SSSR count). The minimum atomic E-state index is -0.453. The Morgan fingerprint density at radius 2 is 2.18 bits per heavy atom. The van der Waals surface area contributed by atoms with Crippen LogP contribution in [0.3, 0.4) is 0 Å². The van der Waals surface area contributed by atoms with E-state index < -0.39 is 5.82 Å². The number of halogens is 1. The van der Waals surface area contributed by atoms with Gasteiger partial charge < -0.3 is 5.73 Å². The number of hydrogen-bond donors (Lipinski definition) is 1. The fourth-order valence-electron chi connectivity index (χ4n) is 1.90. The molecule has 1 aromatic rings. The van der Waals surface area contributed by atoms with Crippen molar-refractivity contribution in [3.8, 4) is 0 Å². The van der Waals surface area contributed by atoms with Gasteiger partial charge in [-0.25, -0.2) is 4.39 Å². The topological polar surface area (TPSA) is 58.7 Å². The third-order valence-electron chi connectivity index (χ3n) is 2.80. The molecule has 1 unspecified atom stereocenters. The van der Waals surface area contributed by atoms with Gasteiger partial charge in [-0.1, -0.05) is 12.1 Å². The average molecular weight is 235 g/mol. The third-order valence-corrected chi connectivity index (χ3v) is 2.80. The van der Waals surface area contributed by atoms with Gasteiger partial charge in [0.25, 0.3) is 5.91 Å². The second-order valence-corrected chi connectivity index (χ2v) is 3.97. The number of carbonyl (C=O) groups is 1. The summed E-state index contributed by atoms with van der Waals surface area (Å²) in [6, 6.07) is 6.10. The Balaban J connectivity index is 2.31. The standard InChI is InChI=1S/C12H14FN3O/c1-8-9(6-7-14)12(17)16(15-8)11-5-3-2-4-10(11)13/h2-5,9H,6-7,14H2,1H3. The van der Waals surface area contributed by atoms with E-state index >= 15 is 0 Å². The van der Waals surface area contributed by atoms with E-state index in [1.165, 1.54) is 12.1 Å². The van der Waals surface area contributed by atoms with E-state index in [-0.39, 0.29) is 17.5 Å². The smallest absolute Gasteiger partial charge is 0.256 e. The molecule has 5 heteroatoms. The van der Waals surface area contributed by atoms with E-state index in [9.17, 15) is 9.18 Å². The van der Waals surface area contributed by atoms with Crippen molar-refractivity contribution in [3.63, 3.8) is 0 Å². The molecule has 0 bridgehead atoms.